The Kier molecular flexibility index (Phi) is 5.47. The second-order valence-corrected chi connectivity index (χ2v) is 4.06. The van der Waals surface area contributed by atoms with Crippen LogP contribution in [0, 0.1) is 0 Å². The van der Waals surface area contributed by atoms with Gasteiger partial charge in [0.1, 0.15) is 0 Å². The highest BCUT2D eigenvalue weighted by Crippen LogP contribution is 2.19. The lowest BCUT2D eigenvalue weighted by molar-refractivity contribution is -0.147. The van der Waals surface area contributed by atoms with Gasteiger partial charge in [0.25, 0.3) is 0 Å². The van der Waals surface area contributed by atoms with Gasteiger partial charge in [0, 0.05) is 6.42 Å². The minimum Gasteiger partial charge on any atom is -0.479 e. The molecule has 0 bridgehead atoms. The molecule has 0 saturated heterocycles. The highest BCUT2D eigenvalue weighted by molar-refractivity contribution is 5.74. The van der Waals surface area contributed by atoms with Crippen molar-refractivity contribution in [1.82, 2.24) is 0 Å². The maximum absolute atomic E-state index is 11.1. The van der Waals surface area contributed by atoms with E-state index in [4.69, 9.17) is 10.2 Å². The number of aliphatic hydroxyl groups excluding tert-OH is 2. The van der Waals surface area contributed by atoms with Gasteiger partial charge in [-0.25, -0.2) is 4.79 Å². The Morgan fingerprint density at radius 3 is 2.42 bits per heavy atom. The standard InChI is InChI=1S/C13H16O6/c1-19-11(15)3-2-8-4-9(7-14)6-10(5-8)12(16)13(17)18/h4-6,12,14,16H,2-3,7H2,1H3,(H,17,18). The summed E-state index contributed by atoms with van der Waals surface area (Å²) in [5.74, 6) is -1.75. The van der Waals surface area contributed by atoms with Crippen LogP contribution in [0.2, 0.25) is 0 Å². The lowest BCUT2D eigenvalue weighted by Crippen LogP contribution is -2.11. The first-order chi connectivity index (χ1) is 8.97. The summed E-state index contributed by atoms with van der Waals surface area (Å²) in [7, 11) is 1.28. The van der Waals surface area contributed by atoms with Crippen LogP contribution in [0.4, 0.5) is 0 Å². The minimum absolute atomic E-state index is 0.147. The zero-order chi connectivity index (χ0) is 14.4. The van der Waals surface area contributed by atoms with Crippen molar-refractivity contribution >= 4 is 11.9 Å². The number of aryl methyl sites for hydroxylation is 1. The number of carbonyl (C=O) groups excluding carboxylic acids is 1. The van der Waals surface area contributed by atoms with Gasteiger partial charge in [-0.15, -0.1) is 0 Å². The number of esters is 1. The molecule has 0 aliphatic carbocycles. The lowest BCUT2D eigenvalue weighted by atomic mass is 9.99. The summed E-state index contributed by atoms with van der Waals surface area (Å²) in [6.07, 6.45) is -1.16. The summed E-state index contributed by atoms with van der Waals surface area (Å²) >= 11 is 0. The minimum atomic E-state index is -1.65. The molecule has 1 unspecified atom stereocenters. The molecule has 0 amide bonds. The van der Waals surface area contributed by atoms with E-state index in [1.165, 1.54) is 19.2 Å². The van der Waals surface area contributed by atoms with Crippen molar-refractivity contribution in [3.8, 4) is 0 Å². The molecular formula is C13H16O6. The topological polar surface area (TPSA) is 104 Å². The number of carbonyl (C=O) groups is 2. The second-order valence-electron chi connectivity index (χ2n) is 4.06. The van der Waals surface area contributed by atoms with E-state index in [0.717, 1.165) is 0 Å². The molecular weight excluding hydrogens is 252 g/mol. The van der Waals surface area contributed by atoms with Crippen LogP contribution >= 0.6 is 0 Å². The molecule has 0 spiro atoms. The van der Waals surface area contributed by atoms with Crippen LogP contribution < -0.4 is 0 Å². The van der Waals surface area contributed by atoms with Gasteiger partial charge in [-0.2, -0.15) is 0 Å². The summed E-state index contributed by atoms with van der Waals surface area (Å²) in [4.78, 5) is 21.8. The number of benzene rings is 1. The third-order valence-corrected chi connectivity index (χ3v) is 2.65. The summed E-state index contributed by atoms with van der Waals surface area (Å²) in [5, 5.41) is 27.4. The molecule has 0 aliphatic heterocycles. The van der Waals surface area contributed by atoms with Crippen LogP contribution in [0.1, 0.15) is 29.2 Å². The molecule has 6 heteroatoms. The second kappa shape index (κ2) is 6.86. The third-order valence-electron chi connectivity index (χ3n) is 2.65. The van der Waals surface area contributed by atoms with Crippen molar-refractivity contribution in [3.63, 3.8) is 0 Å². The molecule has 0 heterocycles. The lowest BCUT2D eigenvalue weighted by Gasteiger charge is -2.10. The Labute approximate surface area is 110 Å². The van der Waals surface area contributed by atoms with Crippen molar-refractivity contribution in [3.05, 3.63) is 34.9 Å². The smallest absolute Gasteiger partial charge is 0.337 e. The highest BCUT2D eigenvalue weighted by Gasteiger charge is 2.17. The predicted octanol–water partition coefficient (Wildman–Crippen LogP) is 0.403. The van der Waals surface area contributed by atoms with Crippen molar-refractivity contribution in [2.45, 2.75) is 25.6 Å². The zero-order valence-electron chi connectivity index (χ0n) is 10.5. The number of carboxylic acids is 1. The van der Waals surface area contributed by atoms with Gasteiger partial charge in [0.2, 0.25) is 0 Å². The Bertz CT molecular complexity index is 468. The van der Waals surface area contributed by atoms with Gasteiger partial charge >= 0.3 is 11.9 Å². The van der Waals surface area contributed by atoms with Gasteiger partial charge in [0.15, 0.2) is 6.10 Å². The molecule has 1 rings (SSSR count). The number of aliphatic hydroxyl groups is 2. The first-order valence-corrected chi connectivity index (χ1v) is 5.69. The summed E-state index contributed by atoms with van der Waals surface area (Å²) < 4.78 is 4.51. The Hall–Kier alpha value is -1.92. The van der Waals surface area contributed by atoms with Crippen LogP contribution in [0.25, 0.3) is 0 Å². The summed E-state index contributed by atoms with van der Waals surface area (Å²) in [6, 6.07) is 4.57. The zero-order valence-corrected chi connectivity index (χ0v) is 10.5. The Balaban J connectivity index is 2.95. The fraction of sp³-hybridized carbons (Fsp3) is 0.385. The molecule has 3 N–H and O–H groups in total. The number of carboxylic acid groups (broad SMARTS) is 1. The molecule has 104 valence electrons. The Morgan fingerprint density at radius 1 is 1.26 bits per heavy atom. The maximum atomic E-state index is 11.1. The molecule has 6 nitrogen and oxygen atoms in total. The van der Waals surface area contributed by atoms with Crippen LogP contribution in [-0.4, -0.2) is 34.4 Å². The normalized spacial score (nSPS) is 11.9. The molecule has 1 aromatic carbocycles. The number of rotatable bonds is 6. The van der Waals surface area contributed by atoms with Crippen molar-refractivity contribution in [2.24, 2.45) is 0 Å². The van der Waals surface area contributed by atoms with E-state index in [0.29, 0.717) is 17.5 Å². The largest absolute Gasteiger partial charge is 0.479 e. The van der Waals surface area contributed by atoms with E-state index in [-0.39, 0.29) is 24.6 Å². The summed E-state index contributed by atoms with van der Waals surface area (Å²) in [6.45, 7) is -0.272. The van der Waals surface area contributed by atoms with Crippen LogP contribution in [0.15, 0.2) is 18.2 Å². The van der Waals surface area contributed by atoms with E-state index in [1.807, 2.05) is 0 Å². The van der Waals surface area contributed by atoms with Crippen molar-refractivity contribution in [2.75, 3.05) is 7.11 Å². The monoisotopic (exact) mass is 268 g/mol. The quantitative estimate of drug-likeness (QED) is 0.645. The number of aliphatic carboxylic acids is 1. The maximum Gasteiger partial charge on any atom is 0.337 e. The molecule has 0 radical (unpaired) electrons. The molecule has 0 fully saturated rings. The Morgan fingerprint density at radius 2 is 1.89 bits per heavy atom. The summed E-state index contributed by atoms with van der Waals surface area (Å²) in [5.41, 5.74) is 1.32. The van der Waals surface area contributed by atoms with Crippen molar-refractivity contribution < 1.29 is 29.6 Å². The van der Waals surface area contributed by atoms with Gasteiger partial charge in [-0.3, -0.25) is 4.79 Å². The van der Waals surface area contributed by atoms with E-state index in [2.05, 4.69) is 4.74 Å². The number of hydrogen-bond acceptors (Lipinski definition) is 5. The molecule has 0 aliphatic rings. The SMILES string of the molecule is COC(=O)CCc1cc(CO)cc(C(O)C(=O)O)c1. The molecule has 0 aromatic heterocycles. The average Bonchev–Trinajstić information content (AvgIpc) is 2.43. The first kappa shape index (κ1) is 15.1. The van der Waals surface area contributed by atoms with E-state index in [1.54, 1.807) is 6.07 Å². The van der Waals surface area contributed by atoms with Crippen molar-refractivity contribution in [1.29, 1.82) is 0 Å². The fourth-order valence-electron chi connectivity index (χ4n) is 1.68. The first-order valence-electron chi connectivity index (χ1n) is 5.69. The van der Waals surface area contributed by atoms with Gasteiger partial charge in [-0.05, 0) is 23.1 Å². The number of hydrogen-bond donors (Lipinski definition) is 3. The molecule has 1 aromatic rings. The molecule has 19 heavy (non-hydrogen) atoms. The van der Waals surface area contributed by atoms with Crippen LogP contribution in [-0.2, 0) is 27.4 Å². The van der Waals surface area contributed by atoms with Crippen LogP contribution in [0.3, 0.4) is 0 Å². The fourth-order valence-corrected chi connectivity index (χ4v) is 1.68. The number of ether oxygens (including phenoxy) is 1. The average molecular weight is 268 g/mol. The number of methoxy groups -OCH3 is 1. The van der Waals surface area contributed by atoms with Crippen LogP contribution in [0.5, 0.6) is 0 Å². The van der Waals surface area contributed by atoms with Gasteiger partial charge < -0.3 is 20.1 Å². The van der Waals surface area contributed by atoms with Gasteiger partial charge in [-0.1, -0.05) is 18.2 Å². The third kappa shape index (κ3) is 4.35. The van der Waals surface area contributed by atoms with E-state index >= 15 is 0 Å². The van der Waals surface area contributed by atoms with E-state index < -0.39 is 12.1 Å². The predicted molar refractivity (Wildman–Crippen MR) is 65.3 cm³/mol. The van der Waals surface area contributed by atoms with Gasteiger partial charge in [0.05, 0.1) is 13.7 Å². The molecule has 0 saturated carbocycles. The highest BCUT2D eigenvalue weighted by atomic mass is 16.5. The molecule has 1 atom stereocenters. The van der Waals surface area contributed by atoms with E-state index in [9.17, 15) is 14.7 Å².